The lowest BCUT2D eigenvalue weighted by Crippen LogP contribution is -2.49. The second kappa shape index (κ2) is 5.36. The van der Waals surface area contributed by atoms with E-state index in [-0.39, 0.29) is 0 Å². The minimum Gasteiger partial charge on any atom is -0.378 e. The van der Waals surface area contributed by atoms with Crippen LogP contribution in [0.4, 0.5) is 0 Å². The summed E-state index contributed by atoms with van der Waals surface area (Å²) in [5.74, 6) is 3.91. The molecule has 4 aliphatic carbocycles. The van der Waals surface area contributed by atoms with E-state index in [1.54, 1.807) is 0 Å². The third-order valence-corrected chi connectivity index (χ3v) is 6.39. The molecular formula is C15H26O3S. The molecule has 4 saturated carbocycles. The fourth-order valence-electron chi connectivity index (χ4n) is 4.83. The molecule has 4 fully saturated rings. The molecule has 4 heteroatoms. The average Bonchev–Trinajstić information content (AvgIpc) is 2.29. The fourth-order valence-corrected chi connectivity index (χ4v) is 5.56. The van der Waals surface area contributed by atoms with Gasteiger partial charge in [-0.15, -0.1) is 0 Å². The van der Waals surface area contributed by atoms with Crippen LogP contribution in [-0.2, 0) is 14.6 Å². The zero-order valence-electron chi connectivity index (χ0n) is 11.9. The second-order valence-electron chi connectivity index (χ2n) is 7.10. The molecule has 4 bridgehead atoms. The van der Waals surface area contributed by atoms with Crippen LogP contribution in [0, 0.1) is 23.7 Å². The van der Waals surface area contributed by atoms with E-state index < -0.39 is 9.84 Å². The molecule has 4 aliphatic rings. The smallest absolute Gasteiger partial charge is 0.147 e. The van der Waals surface area contributed by atoms with Crippen LogP contribution >= 0.6 is 0 Å². The SMILES string of the molecule is CS(=O)(=O)CCCCOC1C2CC3CC(C2)CC1C3. The Morgan fingerprint density at radius 3 is 2.05 bits per heavy atom. The van der Waals surface area contributed by atoms with E-state index in [0.29, 0.717) is 11.9 Å². The van der Waals surface area contributed by atoms with Gasteiger partial charge in [-0.2, -0.15) is 0 Å². The van der Waals surface area contributed by atoms with Gasteiger partial charge in [0.2, 0.25) is 0 Å². The van der Waals surface area contributed by atoms with Crippen molar-refractivity contribution in [3.05, 3.63) is 0 Å². The van der Waals surface area contributed by atoms with Gasteiger partial charge in [0.1, 0.15) is 9.84 Å². The van der Waals surface area contributed by atoms with Crippen LogP contribution in [0.1, 0.15) is 44.9 Å². The molecular weight excluding hydrogens is 260 g/mol. The highest BCUT2D eigenvalue weighted by Gasteiger charge is 2.48. The molecule has 0 saturated heterocycles. The van der Waals surface area contributed by atoms with Crippen LogP contribution in [0.3, 0.4) is 0 Å². The molecule has 110 valence electrons. The van der Waals surface area contributed by atoms with Crippen molar-refractivity contribution in [3.63, 3.8) is 0 Å². The predicted molar refractivity (Wildman–Crippen MR) is 75.7 cm³/mol. The third kappa shape index (κ3) is 3.33. The maximum absolute atomic E-state index is 11.1. The Bertz CT molecular complexity index is 387. The molecule has 3 nitrogen and oxygen atoms in total. The van der Waals surface area contributed by atoms with Crippen LogP contribution in [0.5, 0.6) is 0 Å². The highest BCUT2D eigenvalue weighted by Crippen LogP contribution is 2.54. The van der Waals surface area contributed by atoms with Crippen LogP contribution in [0.2, 0.25) is 0 Å². The molecule has 4 rings (SSSR count). The minimum absolute atomic E-state index is 0.304. The number of hydrogen-bond donors (Lipinski definition) is 0. The van der Waals surface area contributed by atoms with Crippen LogP contribution < -0.4 is 0 Å². The van der Waals surface area contributed by atoms with E-state index in [1.165, 1.54) is 38.4 Å². The molecule has 0 unspecified atom stereocenters. The van der Waals surface area contributed by atoms with Crippen molar-refractivity contribution in [1.29, 1.82) is 0 Å². The fraction of sp³-hybridized carbons (Fsp3) is 1.00. The van der Waals surface area contributed by atoms with E-state index in [2.05, 4.69) is 0 Å². The first-order valence-electron chi connectivity index (χ1n) is 7.80. The largest absolute Gasteiger partial charge is 0.378 e. The minimum atomic E-state index is -2.80. The zero-order valence-corrected chi connectivity index (χ0v) is 12.7. The van der Waals surface area contributed by atoms with Crippen molar-refractivity contribution in [2.75, 3.05) is 18.6 Å². The molecule has 0 aliphatic heterocycles. The monoisotopic (exact) mass is 286 g/mol. The van der Waals surface area contributed by atoms with Crippen molar-refractivity contribution < 1.29 is 13.2 Å². The summed E-state index contributed by atoms with van der Waals surface area (Å²) in [5.41, 5.74) is 0. The number of unbranched alkanes of at least 4 members (excludes halogenated alkanes) is 1. The van der Waals surface area contributed by atoms with Gasteiger partial charge in [-0.05, 0) is 68.6 Å². The first-order valence-corrected chi connectivity index (χ1v) is 9.86. The molecule has 0 aromatic heterocycles. The molecule has 0 aromatic carbocycles. The number of hydrogen-bond acceptors (Lipinski definition) is 3. The van der Waals surface area contributed by atoms with Gasteiger partial charge in [-0.1, -0.05) is 0 Å². The van der Waals surface area contributed by atoms with Crippen molar-refractivity contribution in [1.82, 2.24) is 0 Å². The molecule has 0 spiro atoms. The maximum atomic E-state index is 11.1. The van der Waals surface area contributed by atoms with E-state index in [9.17, 15) is 8.42 Å². The van der Waals surface area contributed by atoms with Crippen molar-refractivity contribution in [3.8, 4) is 0 Å². The average molecular weight is 286 g/mol. The lowest BCUT2D eigenvalue weighted by Gasteiger charge is -2.54. The lowest BCUT2D eigenvalue weighted by atomic mass is 9.55. The third-order valence-electron chi connectivity index (χ3n) is 5.36. The van der Waals surface area contributed by atoms with Crippen LogP contribution in [0.15, 0.2) is 0 Å². The van der Waals surface area contributed by atoms with E-state index in [0.717, 1.165) is 43.1 Å². The van der Waals surface area contributed by atoms with E-state index in [1.807, 2.05) is 0 Å². The Labute approximate surface area is 117 Å². The molecule has 0 N–H and O–H groups in total. The van der Waals surface area contributed by atoms with Crippen LogP contribution in [-0.4, -0.2) is 33.1 Å². The summed E-state index contributed by atoms with van der Waals surface area (Å²) >= 11 is 0. The Morgan fingerprint density at radius 1 is 0.947 bits per heavy atom. The summed E-state index contributed by atoms with van der Waals surface area (Å²) in [6, 6.07) is 0. The van der Waals surface area contributed by atoms with Gasteiger partial charge in [-0.3, -0.25) is 0 Å². The van der Waals surface area contributed by atoms with Crippen molar-refractivity contribution in [2.45, 2.75) is 51.0 Å². The van der Waals surface area contributed by atoms with Crippen molar-refractivity contribution >= 4 is 9.84 Å². The second-order valence-corrected chi connectivity index (χ2v) is 9.36. The molecule has 19 heavy (non-hydrogen) atoms. The van der Waals surface area contributed by atoms with Gasteiger partial charge in [0.15, 0.2) is 0 Å². The Kier molecular flexibility index (Phi) is 3.91. The summed E-state index contributed by atoms with van der Waals surface area (Å²) < 4.78 is 28.3. The first-order chi connectivity index (χ1) is 9.01. The molecule has 0 heterocycles. The summed E-state index contributed by atoms with van der Waals surface area (Å²) in [5, 5.41) is 0. The normalized spacial score (nSPS) is 40.8. The van der Waals surface area contributed by atoms with E-state index >= 15 is 0 Å². The number of sulfone groups is 1. The molecule has 0 aromatic rings. The quantitative estimate of drug-likeness (QED) is 0.705. The van der Waals surface area contributed by atoms with Gasteiger partial charge in [-0.25, -0.2) is 8.42 Å². The number of rotatable bonds is 6. The van der Waals surface area contributed by atoms with Gasteiger partial charge < -0.3 is 4.74 Å². The maximum Gasteiger partial charge on any atom is 0.147 e. The van der Waals surface area contributed by atoms with Crippen molar-refractivity contribution in [2.24, 2.45) is 23.7 Å². The van der Waals surface area contributed by atoms with Gasteiger partial charge in [0.25, 0.3) is 0 Å². The Morgan fingerprint density at radius 2 is 1.53 bits per heavy atom. The Hall–Kier alpha value is -0.0900. The van der Waals surface area contributed by atoms with Gasteiger partial charge >= 0.3 is 0 Å². The molecule has 0 atom stereocenters. The molecule has 0 radical (unpaired) electrons. The first kappa shape index (κ1) is 13.9. The summed E-state index contributed by atoms with van der Waals surface area (Å²) in [6.45, 7) is 0.752. The number of ether oxygens (including phenoxy) is 1. The predicted octanol–water partition coefficient (Wildman–Crippen LogP) is 2.65. The zero-order chi connectivity index (χ0) is 13.5. The summed E-state index contributed by atoms with van der Waals surface area (Å²) in [4.78, 5) is 0. The van der Waals surface area contributed by atoms with Crippen LogP contribution in [0.25, 0.3) is 0 Å². The Balaban J connectivity index is 1.41. The molecule has 0 amide bonds. The highest BCUT2D eigenvalue weighted by molar-refractivity contribution is 7.90. The summed E-state index contributed by atoms with van der Waals surface area (Å²) in [7, 11) is -2.80. The standard InChI is InChI=1S/C15H26O3S/c1-19(16,17)5-3-2-4-18-15-13-7-11-6-12(9-13)10-14(15)8-11/h11-15H,2-10H2,1H3. The van der Waals surface area contributed by atoms with Gasteiger partial charge in [0.05, 0.1) is 6.10 Å². The summed E-state index contributed by atoms with van der Waals surface area (Å²) in [6.07, 6.45) is 10.5. The van der Waals surface area contributed by atoms with Gasteiger partial charge in [0, 0.05) is 18.6 Å². The van der Waals surface area contributed by atoms with E-state index in [4.69, 9.17) is 4.74 Å². The lowest BCUT2D eigenvalue weighted by molar-refractivity contribution is -0.126. The topological polar surface area (TPSA) is 43.4 Å². The highest BCUT2D eigenvalue weighted by atomic mass is 32.2.